The van der Waals surface area contributed by atoms with E-state index in [-0.39, 0.29) is 0 Å². The SMILES string of the molecule is C1=CC(c2ccccc2)Cc2[nH]nc(-c3ccccn3)c21. The second-order valence-electron chi connectivity index (χ2n) is 5.26. The van der Waals surface area contributed by atoms with Gasteiger partial charge >= 0.3 is 0 Å². The highest BCUT2D eigenvalue weighted by molar-refractivity contribution is 5.72. The van der Waals surface area contributed by atoms with Crippen LogP contribution in [0.1, 0.15) is 22.7 Å². The van der Waals surface area contributed by atoms with E-state index in [1.807, 2.05) is 18.2 Å². The summed E-state index contributed by atoms with van der Waals surface area (Å²) in [6.45, 7) is 0. The Kier molecular flexibility index (Phi) is 2.89. The van der Waals surface area contributed by atoms with E-state index in [4.69, 9.17) is 0 Å². The fourth-order valence-corrected chi connectivity index (χ4v) is 2.85. The number of hydrogen-bond acceptors (Lipinski definition) is 2. The summed E-state index contributed by atoms with van der Waals surface area (Å²) in [5.74, 6) is 0.413. The van der Waals surface area contributed by atoms with Gasteiger partial charge < -0.3 is 0 Å². The number of nitrogens with one attached hydrogen (secondary N) is 1. The molecule has 2 heterocycles. The van der Waals surface area contributed by atoms with Gasteiger partial charge in [-0.25, -0.2) is 0 Å². The van der Waals surface area contributed by atoms with Crippen molar-refractivity contribution in [2.24, 2.45) is 0 Å². The van der Waals surface area contributed by atoms with Crippen LogP contribution in [0.2, 0.25) is 0 Å². The molecule has 0 aliphatic heterocycles. The van der Waals surface area contributed by atoms with Gasteiger partial charge in [0.05, 0.1) is 5.69 Å². The molecule has 102 valence electrons. The van der Waals surface area contributed by atoms with Crippen molar-refractivity contribution in [3.63, 3.8) is 0 Å². The van der Waals surface area contributed by atoms with Crippen LogP contribution in [0.4, 0.5) is 0 Å². The van der Waals surface area contributed by atoms with Gasteiger partial charge in [0, 0.05) is 29.8 Å². The smallest absolute Gasteiger partial charge is 0.118 e. The van der Waals surface area contributed by atoms with Crippen molar-refractivity contribution in [1.82, 2.24) is 15.2 Å². The van der Waals surface area contributed by atoms with E-state index in [1.54, 1.807) is 6.20 Å². The van der Waals surface area contributed by atoms with Crippen LogP contribution in [0.25, 0.3) is 17.5 Å². The average molecular weight is 273 g/mol. The van der Waals surface area contributed by atoms with E-state index in [9.17, 15) is 0 Å². The van der Waals surface area contributed by atoms with Crippen molar-refractivity contribution in [1.29, 1.82) is 0 Å². The fraction of sp³-hybridized carbons (Fsp3) is 0.111. The van der Waals surface area contributed by atoms with Crippen LogP contribution in [0, 0.1) is 0 Å². The monoisotopic (exact) mass is 273 g/mol. The zero-order valence-electron chi connectivity index (χ0n) is 11.5. The van der Waals surface area contributed by atoms with Gasteiger partial charge in [0.25, 0.3) is 0 Å². The number of rotatable bonds is 2. The predicted octanol–water partition coefficient (Wildman–Crippen LogP) is 3.82. The van der Waals surface area contributed by atoms with E-state index >= 15 is 0 Å². The maximum absolute atomic E-state index is 4.46. The van der Waals surface area contributed by atoms with E-state index in [0.717, 1.165) is 17.8 Å². The van der Waals surface area contributed by atoms with Crippen LogP contribution < -0.4 is 0 Å². The highest BCUT2D eigenvalue weighted by atomic mass is 15.1. The topological polar surface area (TPSA) is 41.6 Å². The number of benzene rings is 1. The van der Waals surface area contributed by atoms with E-state index in [1.165, 1.54) is 16.8 Å². The average Bonchev–Trinajstić information content (AvgIpc) is 2.99. The molecule has 0 fully saturated rings. The van der Waals surface area contributed by atoms with Gasteiger partial charge in [0.2, 0.25) is 0 Å². The van der Waals surface area contributed by atoms with Crippen LogP contribution in [0.5, 0.6) is 0 Å². The lowest BCUT2D eigenvalue weighted by atomic mass is 9.87. The van der Waals surface area contributed by atoms with Gasteiger partial charge in [-0.1, -0.05) is 48.6 Å². The van der Waals surface area contributed by atoms with Crippen molar-refractivity contribution < 1.29 is 0 Å². The molecule has 2 aromatic heterocycles. The Bertz CT molecular complexity index is 773. The molecule has 1 atom stereocenters. The summed E-state index contributed by atoms with van der Waals surface area (Å²) in [5, 5.41) is 7.64. The minimum Gasteiger partial charge on any atom is -0.281 e. The number of H-pyrrole nitrogens is 1. The van der Waals surface area contributed by atoms with E-state index < -0.39 is 0 Å². The second kappa shape index (κ2) is 5.02. The van der Waals surface area contributed by atoms with Crippen LogP contribution in [0.3, 0.4) is 0 Å². The summed E-state index contributed by atoms with van der Waals surface area (Å²) in [4.78, 5) is 4.39. The van der Waals surface area contributed by atoms with Gasteiger partial charge in [-0.2, -0.15) is 5.10 Å². The standard InChI is InChI=1S/C18H15N3/c1-2-6-13(7-3-1)14-9-10-15-17(12-14)20-21-18(15)16-8-4-5-11-19-16/h1-11,14H,12H2,(H,20,21). The molecule has 21 heavy (non-hydrogen) atoms. The fourth-order valence-electron chi connectivity index (χ4n) is 2.85. The maximum Gasteiger partial charge on any atom is 0.118 e. The first-order valence-corrected chi connectivity index (χ1v) is 7.13. The third-order valence-electron chi connectivity index (χ3n) is 3.94. The summed E-state index contributed by atoms with van der Waals surface area (Å²) >= 11 is 0. The molecule has 0 spiro atoms. The van der Waals surface area contributed by atoms with Crippen LogP contribution in [-0.2, 0) is 6.42 Å². The number of allylic oxidation sites excluding steroid dienone is 1. The molecule has 0 saturated heterocycles. The second-order valence-corrected chi connectivity index (χ2v) is 5.26. The zero-order chi connectivity index (χ0) is 14.1. The lowest BCUT2D eigenvalue weighted by Crippen LogP contribution is -2.05. The molecule has 1 aromatic carbocycles. The number of fused-ring (bicyclic) bond motifs is 1. The Morgan fingerprint density at radius 2 is 1.86 bits per heavy atom. The Morgan fingerprint density at radius 1 is 1.00 bits per heavy atom. The Balaban J connectivity index is 1.70. The van der Waals surface area contributed by atoms with Crippen LogP contribution in [-0.4, -0.2) is 15.2 Å². The number of aromatic amines is 1. The number of aromatic nitrogens is 3. The molecule has 1 aliphatic rings. The van der Waals surface area contributed by atoms with Crippen LogP contribution >= 0.6 is 0 Å². The molecule has 0 saturated carbocycles. The number of hydrogen-bond donors (Lipinski definition) is 1. The minimum absolute atomic E-state index is 0.413. The highest BCUT2D eigenvalue weighted by Crippen LogP contribution is 2.33. The molecular formula is C18H15N3. The number of nitrogens with zero attached hydrogens (tertiary/aromatic N) is 2. The third kappa shape index (κ3) is 2.17. The van der Waals surface area contributed by atoms with Gasteiger partial charge in [0.1, 0.15) is 5.69 Å². The first kappa shape index (κ1) is 12.1. The Morgan fingerprint density at radius 3 is 2.67 bits per heavy atom. The minimum atomic E-state index is 0.413. The zero-order valence-corrected chi connectivity index (χ0v) is 11.5. The Labute approximate surface area is 123 Å². The molecule has 3 nitrogen and oxygen atoms in total. The molecule has 0 radical (unpaired) electrons. The summed E-state index contributed by atoms with van der Waals surface area (Å²) in [6, 6.07) is 16.5. The van der Waals surface area contributed by atoms with Gasteiger partial charge in [0.15, 0.2) is 0 Å². The molecule has 3 heteroatoms. The normalized spacial score (nSPS) is 16.7. The van der Waals surface area contributed by atoms with Crippen molar-refractivity contribution in [3.05, 3.63) is 77.6 Å². The molecule has 3 aromatic rings. The van der Waals surface area contributed by atoms with Crippen molar-refractivity contribution in [2.45, 2.75) is 12.3 Å². The first-order valence-electron chi connectivity index (χ1n) is 7.13. The summed E-state index contributed by atoms with van der Waals surface area (Å²) < 4.78 is 0. The van der Waals surface area contributed by atoms with Crippen molar-refractivity contribution in [3.8, 4) is 11.4 Å². The third-order valence-corrected chi connectivity index (χ3v) is 3.94. The van der Waals surface area contributed by atoms with Gasteiger partial charge in [-0.05, 0) is 17.7 Å². The first-order chi connectivity index (χ1) is 10.4. The molecular weight excluding hydrogens is 258 g/mol. The van der Waals surface area contributed by atoms with E-state index in [2.05, 4.69) is 57.7 Å². The van der Waals surface area contributed by atoms with Gasteiger partial charge in [-0.15, -0.1) is 0 Å². The van der Waals surface area contributed by atoms with Crippen molar-refractivity contribution >= 4 is 6.08 Å². The highest BCUT2D eigenvalue weighted by Gasteiger charge is 2.21. The lowest BCUT2D eigenvalue weighted by Gasteiger charge is -2.17. The lowest BCUT2D eigenvalue weighted by molar-refractivity contribution is 0.794. The quantitative estimate of drug-likeness (QED) is 0.771. The van der Waals surface area contributed by atoms with Gasteiger partial charge in [-0.3, -0.25) is 10.1 Å². The van der Waals surface area contributed by atoms with Crippen molar-refractivity contribution in [2.75, 3.05) is 0 Å². The maximum atomic E-state index is 4.46. The molecule has 4 rings (SSSR count). The molecule has 1 aliphatic carbocycles. The molecule has 1 unspecified atom stereocenters. The summed E-state index contributed by atoms with van der Waals surface area (Å²) in [7, 11) is 0. The summed E-state index contributed by atoms with van der Waals surface area (Å²) in [6.07, 6.45) is 7.19. The Hall–Kier alpha value is -2.68. The molecule has 0 bridgehead atoms. The number of pyridine rings is 1. The summed E-state index contributed by atoms with van der Waals surface area (Å²) in [5.41, 5.74) is 5.55. The predicted molar refractivity (Wildman–Crippen MR) is 83.7 cm³/mol. The van der Waals surface area contributed by atoms with Crippen LogP contribution in [0.15, 0.2) is 60.8 Å². The van der Waals surface area contributed by atoms with E-state index in [0.29, 0.717) is 5.92 Å². The molecule has 1 N–H and O–H groups in total. The largest absolute Gasteiger partial charge is 0.281 e. The molecule has 0 amide bonds.